The first-order chi connectivity index (χ1) is 10.1. The number of rotatable bonds is 2. The molecule has 2 aromatic rings. The van der Waals surface area contributed by atoms with Crippen molar-refractivity contribution in [2.75, 3.05) is 5.32 Å². The predicted octanol–water partition coefficient (Wildman–Crippen LogP) is 3.29. The highest BCUT2D eigenvalue weighted by Crippen LogP contribution is 2.13. The molecule has 0 aliphatic carbocycles. The zero-order chi connectivity index (χ0) is 15.2. The van der Waals surface area contributed by atoms with Gasteiger partial charge in [-0.3, -0.25) is 10.1 Å². The van der Waals surface area contributed by atoms with Crippen LogP contribution in [0.15, 0.2) is 48.5 Å². The number of amides is 1. The molecule has 0 radical (unpaired) electrons. The molecule has 0 fully saturated rings. The number of para-hydroxylation sites is 1. The van der Waals surface area contributed by atoms with Crippen LogP contribution in [-0.2, 0) is 0 Å². The maximum atomic E-state index is 12.0. The van der Waals surface area contributed by atoms with Crippen molar-refractivity contribution in [1.82, 2.24) is 5.32 Å². The summed E-state index contributed by atoms with van der Waals surface area (Å²) in [4.78, 5) is 12.0. The second-order valence-corrected chi connectivity index (χ2v) is 5.73. The first-order valence-electron chi connectivity index (χ1n) is 5.97. The monoisotopic (exact) mass is 407 g/mol. The summed E-state index contributed by atoms with van der Waals surface area (Å²) in [7, 11) is 0. The summed E-state index contributed by atoms with van der Waals surface area (Å²) in [6, 6.07) is 16.2. The minimum absolute atomic E-state index is 0.154. The van der Waals surface area contributed by atoms with Crippen LogP contribution >= 0.6 is 34.8 Å². The van der Waals surface area contributed by atoms with Gasteiger partial charge in [-0.25, -0.2) is 0 Å². The Morgan fingerprint density at radius 2 is 1.95 bits per heavy atom. The van der Waals surface area contributed by atoms with E-state index in [4.69, 9.17) is 17.5 Å². The second-order valence-electron chi connectivity index (χ2n) is 4.08. The third kappa shape index (κ3) is 4.24. The number of carbonyl (C=O) groups is 1. The fourth-order valence-corrected chi connectivity index (χ4v) is 2.39. The fraction of sp³-hybridized carbons (Fsp3) is 0. The number of nitrogens with zero attached hydrogens (tertiary/aromatic N) is 1. The third-order valence-electron chi connectivity index (χ3n) is 2.61. The molecule has 104 valence electrons. The molecule has 0 saturated carbocycles. The number of halogens is 1. The lowest BCUT2D eigenvalue weighted by atomic mass is 10.2. The Bertz CT molecular complexity index is 740. The molecule has 1 amide bonds. The lowest BCUT2D eigenvalue weighted by Crippen LogP contribution is -2.34. The molecule has 4 nitrogen and oxygen atoms in total. The van der Waals surface area contributed by atoms with Crippen LogP contribution in [0.1, 0.15) is 15.9 Å². The zero-order valence-electron chi connectivity index (χ0n) is 10.8. The number of benzene rings is 2. The van der Waals surface area contributed by atoms with Crippen LogP contribution in [0.5, 0.6) is 0 Å². The Kier molecular flexibility index (Phi) is 5.25. The van der Waals surface area contributed by atoms with Crippen molar-refractivity contribution < 1.29 is 4.79 Å². The van der Waals surface area contributed by atoms with Crippen molar-refractivity contribution in [3.8, 4) is 6.07 Å². The van der Waals surface area contributed by atoms with Gasteiger partial charge >= 0.3 is 0 Å². The lowest BCUT2D eigenvalue weighted by Gasteiger charge is -2.10. The van der Waals surface area contributed by atoms with E-state index < -0.39 is 0 Å². The summed E-state index contributed by atoms with van der Waals surface area (Å²) in [6.07, 6.45) is 0. The number of carbonyl (C=O) groups excluding carboxylic acids is 1. The highest BCUT2D eigenvalue weighted by Gasteiger charge is 2.09. The van der Waals surface area contributed by atoms with Gasteiger partial charge < -0.3 is 5.32 Å². The summed E-state index contributed by atoms with van der Waals surface area (Å²) in [5.74, 6) is -0.291. The molecule has 0 aliphatic rings. The van der Waals surface area contributed by atoms with Gasteiger partial charge in [0.1, 0.15) is 6.07 Å². The Labute approximate surface area is 141 Å². The number of hydrogen-bond donors (Lipinski definition) is 2. The van der Waals surface area contributed by atoms with Crippen molar-refractivity contribution in [2.45, 2.75) is 0 Å². The predicted molar refractivity (Wildman–Crippen MR) is 94.0 cm³/mol. The molecular formula is C15H10IN3OS. The van der Waals surface area contributed by atoms with Gasteiger partial charge in [-0.15, -0.1) is 0 Å². The van der Waals surface area contributed by atoms with Crippen molar-refractivity contribution in [3.05, 3.63) is 63.2 Å². The van der Waals surface area contributed by atoms with Gasteiger partial charge in [0.05, 0.1) is 11.3 Å². The van der Waals surface area contributed by atoms with Gasteiger partial charge in [0.15, 0.2) is 5.11 Å². The van der Waals surface area contributed by atoms with E-state index in [2.05, 4.69) is 39.3 Å². The normalized spacial score (nSPS) is 9.52. The van der Waals surface area contributed by atoms with Gasteiger partial charge in [0.25, 0.3) is 5.91 Å². The maximum absolute atomic E-state index is 12.0. The standard InChI is InChI=1S/C15H10IN3OS/c16-12-6-3-5-10(8-12)14(20)19-15(21)18-13-7-2-1-4-11(13)9-17/h1-8H,(H2,18,19,20,21). The largest absolute Gasteiger partial charge is 0.331 e. The van der Waals surface area contributed by atoms with Crippen molar-refractivity contribution in [2.24, 2.45) is 0 Å². The quantitative estimate of drug-likeness (QED) is 0.593. The maximum Gasteiger partial charge on any atom is 0.257 e. The molecule has 0 saturated heterocycles. The average Bonchev–Trinajstić information content (AvgIpc) is 2.47. The number of thiocarbonyl (C=S) groups is 1. The van der Waals surface area contributed by atoms with Crippen molar-refractivity contribution in [3.63, 3.8) is 0 Å². The van der Waals surface area contributed by atoms with Gasteiger partial charge in [0, 0.05) is 9.13 Å². The molecule has 0 atom stereocenters. The molecule has 0 unspecified atom stereocenters. The smallest absolute Gasteiger partial charge is 0.257 e. The first-order valence-corrected chi connectivity index (χ1v) is 7.46. The SMILES string of the molecule is N#Cc1ccccc1NC(=S)NC(=O)c1cccc(I)c1. The second kappa shape index (κ2) is 7.15. The molecule has 2 N–H and O–H groups in total. The minimum atomic E-state index is -0.291. The van der Waals surface area contributed by atoms with E-state index in [1.165, 1.54) is 0 Å². The Morgan fingerprint density at radius 1 is 1.19 bits per heavy atom. The van der Waals surface area contributed by atoms with E-state index in [1.807, 2.05) is 6.07 Å². The molecule has 0 aliphatic heterocycles. The van der Waals surface area contributed by atoms with E-state index in [-0.39, 0.29) is 11.0 Å². The van der Waals surface area contributed by atoms with Gasteiger partial charge in [-0.2, -0.15) is 5.26 Å². The van der Waals surface area contributed by atoms with Gasteiger partial charge in [-0.1, -0.05) is 18.2 Å². The lowest BCUT2D eigenvalue weighted by molar-refractivity contribution is 0.0977. The molecule has 0 spiro atoms. The van der Waals surface area contributed by atoms with Crippen molar-refractivity contribution >= 4 is 51.5 Å². The highest BCUT2D eigenvalue weighted by molar-refractivity contribution is 14.1. The summed E-state index contributed by atoms with van der Waals surface area (Å²) in [5, 5.41) is 14.6. The van der Waals surface area contributed by atoms with Crippen LogP contribution in [0.4, 0.5) is 5.69 Å². The molecule has 0 aromatic heterocycles. The number of nitrogens with one attached hydrogen (secondary N) is 2. The van der Waals surface area contributed by atoms with Gasteiger partial charge in [-0.05, 0) is 65.1 Å². The number of nitriles is 1. The Balaban J connectivity index is 2.05. The van der Waals surface area contributed by atoms with Gasteiger partial charge in [0.2, 0.25) is 0 Å². The summed E-state index contributed by atoms with van der Waals surface area (Å²) in [6.45, 7) is 0. The van der Waals surface area contributed by atoms with E-state index in [9.17, 15) is 4.79 Å². The van der Waals surface area contributed by atoms with E-state index >= 15 is 0 Å². The summed E-state index contributed by atoms with van der Waals surface area (Å²) < 4.78 is 0.967. The van der Waals surface area contributed by atoms with Crippen LogP contribution in [-0.4, -0.2) is 11.0 Å². The van der Waals surface area contributed by atoms with Crippen LogP contribution < -0.4 is 10.6 Å². The molecular weight excluding hydrogens is 397 g/mol. The first kappa shape index (κ1) is 15.4. The number of anilines is 1. The van der Waals surface area contributed by atoms with Crippen LogP contribution in [0.2, 0.25) is 0 Å². The van der Waals surface area contributed by atoms with Crippen molar-refractivity contribution in [1.29, 1.82) is 5.26 Å². The van der Waals surface area contributed by atoms with E-state index in [0.29, 0.717) is 16.8 Å². The summed E-state index contributed by atoms with van der Waals surface area (Å²) >= 11 is 7.23. The highest BCUT2D eigenvalue weighted by atomic mass is 127. The molecule has 6 heteroatoms. The molecule has 2 aromatic carbocycles. The Morgan fingerprint density at radius 3 is 2.67 bits per heavy atom. The van der Waals surface area contributed by atoms with Crippen LogP contribution in [0.3, 0.4) is 0 Å². The minimum Gasteiger partial charge on any atom is -0.331 e. The average molecular weight is 407 g/mol. The van der Waals surface area contributed by atoms with Crippen LogP contribution in [0.25, 0.3) is 0 Å². The molecule has 21 heavy (non-hydrogen) atoms. The Hall–Kier alpha value is -1.98. The molecule has 0 heterocycles. The number of hydrogen-bond acceptors (Lipinski definition) is 3. The fourth-order valence-electron chi connectivity index (χ4n) is 1.65. The third-order valence-corrected chi connectivity index (χ3v) is 3.48. The molecule has 2 rings (SSSR count). The summed E-state index contributed by atoms with van der Waals surface area (Å²) in [5.41, 5.74) is 1.55. The van der Waals surface area contributed by atoms with Crippen LogP contribution in [0, 0.1) is 14.9 Å². The zero-order valence-corrected chi connectivity index (χ0v) is 13.7. The van der Waals surface area contributed by atoms with E-state index in [1.54, 1.807) is 42.5 Å². The topological polar surface area (TPSA) is 64.9 Å². The van der Waals surface area contributed by atoms with E-state index in [0.717, 1.165) is 3.57 Å². The molecule has 0 bridgehead atoms.